The van der Waals surface area contributed by atoms with Gasteiger partial charge in [-0.1, -0.05) is 48.5 Å². The molecule has 2 amide bonds. The van der Waals surface area contributed by atoms with Gasteiger partial charge in [0.2, 0.25) is 11.8 Å². The Morgan fingerprint density at radius 2 is 1.58 bits per heavy atom. The number of nitrogens with one attached hydrogen (secondary N) is 2. The Bertz CT molecular complexity index is 678. The minimum atomic E-state index is -0.636. The molecule has 0 aliphatic carbocycles. The second kappa shape index (κ2) is 11.3. The van der Waals surface area contributed by atoms with E-state index in [1.807, 2.05) is 67.6 Å². The summed E-state index contributed by atoms with van der Waals surface area (Å²) in [5.74, 6) is -0.398. The van der Waals surface area contributed by atoms with Crippen molar-refractivity contribution in [2.24, 2.45) is 5.73 Å². The molecule has 0 bridgehead atoms. The second-order valence-corrected chi connectivity index (χ2v) is 6.18. The Morgan fingerprint density at radius 1 is 1.00 bits per heavy atom. The van der Waals surface area contributed by atoms with E-state index in [-0.39, 0.29) is 30.3 Å². The molecule has 2 atom stereocenters. The summed E-state index contributed by atoms with van der Waals surface area (Å²) in [5, 5.41) is 5.69. The molecule has 0 saturated heterocycles. The highest BCUT2D eigenvalue weighted by Gasteiger charge is 2.21. The fourth-order valence-electron chi connectivity index (χ4n) is 2.44. The number of nitrogens with two attached hydrogens (primary N) is 1. The number of rotatable bonds is 8. The van der Waals surface area contributed by atoms with Crippen LogP contribution in [0.3, 0.4) is 0 Å². The normalized spacial score (nSPS) is 12.4. The zero-order valence-electron chi connectivity index (χ0n) is 14.9. The van der Waals surface area contributed by atoms with Crippen LogP contribution in [0.15, 0.2) is 60.7 Å². The SMILES string of the molecule is CC(N)CCC(=O)NC(Cc1ccccc1)C(=O)Nc1ccccc1.Cl. The van der Waals surface area contributed by atoms with Crippen molar-refractivity contribution in [3.63, 3.8) is 0 Å². The van der Waals surface area contributed by atoms with Crippen molar-refractivity contribution >= 4 is 29.9 Å². The zero-order valence-corrected chi connectivity index (χ0v) is 15.7. The summed E-state index contributed by atoms with van der Waals surface area (Å²) < 4.78 is 0. The van der Waals surface area contributed by atoms with Crippen LogP contribution >= 0.6 is 12.4 Å². The number of benzene rings is 2. The monoisotopic (exact) mass is 375 g/mol. The van der Waals surface area contributed by atoms with Gasteiger partial charge < -0.3 is 16.4 Å². The number of halogens is 1. The molecule has 0 saturated carbocycles. The summed E-state index contributed by atoms with van der Waals surface area (Å²) >= 11 is 0. The van der Waals surface area contributed by atoms with Gasteiger partial charge in [0.1, 0.15) is 6.04 Å². The molecule has 26 heavy (non-hydrogen) atoms. The molecule has 0 aliphatic rings. The predicted octanol–water partition coefficient (Wildman–Crippen LogP) is 2.90. The molecule has 2 rings (SSSR count). The number of carbonyl (C=O) groups is 2. The van der Waals surface area contributed by atoms with Crippen LogP contribution in [0.5, 0.6) is 0 Å². The third kappa shape index (κ3) is 7.68. The molecule has 4 N–H and O–H groups in total. The fourth-order valence-corrected chi connectivity index (χ4v) is 2.44. The third-order valence-electron chi connectivity index (χ3n) is 3.80. The maximum Gasteiger partial charge on any atom is 0.247 e. The van der Waals surface area contributed by atoms with Gasteiger partial charge in [0.05, 0.1) is 0 Å². The van der Waals surface area contributed by atoms with Gasteiger partial charge in [-0.15, -0.1) is 12.4 Å². The van der Waals surface area contributed by atoms with Gasteiger partial charge in [0.25, 0.3) is 0 Å². The summed E-state index contributed by atoms with van der Waals surface area (Å²) in [6.07, 6.45) is 1.33. The minimum absolute atomic E-state index is 0. The molecule has 2 aromatic rings. The van der Waals surface area contributed by atoms with Crippen LogP contribution in [-0.2, 0) is 16.0 Å². The van der Waals surface area contributed by atoms with Crippen LogP contribution in [0.1, 0.15) is 25.3 Å². The molecule has 0 heterocycles. The lowest BCUT2D eigenvalue weighted by atomic mass is 10.0. The lowest BCUT2D eigenvalue weighted by Crippen LogP contribution is -2.45. The summed E-state index contributed by atoms with van der Waals surface area (Å²) in [7, 11) is 0. The first-order chi connectivity index (χ1) is 12.0. The molecule has 2 unspecified atom stereocenters. The quantitative estimate of drug-likeness (QED) is 0.663. The Balaban J connectivity index is 0.00000338. The van der Waals surface area contributed by atoms with E-state index in [1.54, 1.807) is 0 Å². The molecule has 140 valence electrons. The van der Waals surface area contributed by atoms with Crippen molar-refractivity contribution in [1.82, 2.24) is 5.32 Å². The summed E-state index contributed by atoms with van der Waals surface area (Å²) in [6, 6.07) is 18.2. The maximum absolute atomic E-state index is 12.6. The number of anilines is 1. The predicted molar refractivity (Wildman–Crippen MR) is 107 cm³/mol. The highest BCUT2D eigenvalue weighted by Crippen LogP contribution is 2.09. The maximum atomic E-state index is 12.6. The lowest BCUT2D eigenvalue weighted by molar-refractivity contribution is -0.126. The Morgan fingerprint density at radius 3 is 2.15 bits per heavy atom. The molecular weight excluding hydrogens is 350 g/mol. The van der Waals surface area contributed by atoms with E-state index < -0.39 is 6.04 Å². The number of amides is 2. The van der Waals surface area contributed by atoms with Gasteiger partial charge >= 0.3 is 0 Å². The van der Waals surface area contributed by atoms with Crippen molar-refractivity contribution < 1.29 is 9.59 Å². The lowest BCUT2D eigenvalue weighted by Gasteiger charge is -2.19. The Labute approximate surface area is 160 Å². The van der Waals surface area contributed by atoms with Gasteiger partial charge in [-0.3, -0.25) is 9.59 Å². The van der Waals surface area contributed by atoms with Crippen LogP contribution < -0.4 is 16.4 Å². The first-order valence-corrected chi connectivity index (χ1v) is 8.49. The van der Waals surface area contributed by atoms with Gasteiger partial charge in [-0.2, -0.15) is 0 Å². The van der Waals surface area contributed by atoms with Crippen molar-refractivity contribution in [3.8, 4) is 0 Å². The summed E-state index contributed by atoms with van der Waals surface area (Å²) in [5.41, 5.74) is 7.39. The van der Waals surface area contributed by atoms with Crippen molar-refractivity contribution in [3.05, 3.63) is 66.2 Å². The number of para-hydroxylation sites is 1. The zero-order chi connectivity index (χ0) is 18.1. The number of hydrogen-bond acceptors (Lipinski definition) is 3. The first kappa shape index (κ1) is 21.7. The molecule has 5 nitrogen and oxygen atoms in total. The topological polar surface area (TPSA) is 84.2 Å². The minimum Gasteiger partial charge on any atom is -0.344 e. The van der Waals surface area contributed by atoms with Crippen LogP contribution in [0.2, 0.25) is 0 Å². The fraction of sp³-hybridized carbons (Fsp3) is 0.300. The summed E-state index contributed by atoms with van der Waals surface area (Å²) in [4.78, 5) is 24.8. The van der Waals surface area contributed by atoms with Gasteiger partial charge in [-0.05, 0) is 31.0 Å². The van der Waals surface area contributed by atoms with E-state index in [9.17, 15) is 9.59 Å². The molecule has 2 aromatic carbocycles. The van der Waals surface area contributed by atoms with Crippen LogP contribution in [0, 0.1) is 0 Å². The van der Waals surface area contributed by atoms with Gasteiger partial charge in [0.15, 0.2) is 0 Å². The second-order valence-electron chi connectivity index (χ2n) is 6.18. The molecule has 0 spiro atoms. The van der Waals surface area contributed by atoms with Crippen molar-refractivity contribution in [2.75, 3.05) is 5.32 Å². The number of hydrogen-bond donors (Lipinski definition) is 3. The molecule has 6 heteroatoms. The smallest absolute Gasteiger partial charge is 0.247 e. The molecule has 0 radical (unpaired) electrons. The van der Waals surface area contributed by atoms with E-state index in [4.69, 9.17) is 5.73 Å². The molecule has 0 aliphatic heterocycles. The average molecular weight is 376 g/mol. The van der Waals surface area contributed by atoms with Crippen LogP contribution in [-0.4, -0.2) is 23.9 Å². The largest absolute Gasteiger partial charge is 0.344 e. The van der Waals surface area contributed by atoms with Crippen LogP contribution in [0.4, 0.5) is 5.69 Å². The van der Waals surface area contributed by atoms with Crippen molar-refractivity contribution in [1.29, 1.82) is 0 Å². The Hall–Kier alpha value is -2.37. The van der Waals surface area contributed by atoms with E-state index in [1.165, 1.54) is 0 Å². The highest BCUT2D eigenvalue weighted by molar-refractivity contribution is 5.97. The average Bonchev–Trinajstić information content (AvgIpc) is 2.61. The van der Waals surface area contributed by atoms with Crippen LogP contribution in [0.25, 0.3) is 0 Å². The van der Waals surface area contributed by atoms with E-state index >= 15 is 0 Å². The van der Waals surface area contributed by atoms with Gasteiger partial charge in [-0.25, -0.2) is 0 Å². The first-order valence-electron chi connectivity index (χ1n) is 8.49. The number of carbonyl (C=O) groups excluding carboxylic acids is 2. The summed E-state index contributed by atoms with van der Waals surface area (Å²) in [6.45, 7) is 1.86. The van der Waals surface area contributed by atoms with E-state index in [0.29, 0.717) is 24.9 Å². The van der Waals surface area contributed by atoms with E-state index in [2.05, 4.69) is 10.6 Å². The third-order valence-corrected chi connectivity index (χ3v) is 3.80. The standard InChI is InChI=1S/C20H25N3O2.ClH/c1-15(21)12-13-19(24)23-18(14-16-8-4-2-5-9-16)20(25)22-17-10-6-3-7-11-17;/h2-11,15,18H,12-14,21H2,1H3,(H,22,25)(H,23,24);1H. The molecular formula is C20H26ClN3O2. The molecule has 0 fully saturated rings. The van der Waals surface area contributed by atoms with Gasteiger partial charge in [0, 0.05) is 24.6 Å². The molecule has 0 aromatic heterocycles. The van der Waals surface area contributed by atoms with Crippen molar-refractivity contribution in [2.45, 2.75) is 38.3 Å². The Kier molecular flexibility index (Phi) is 9.41. The van der Waals surface area contributed by atoms with E-state index in [0.717, 1.165) is 5.56 Å². The highest BCUT2D eigenvalue weighted by atomic mass is 35.5.